The molecule has 4 nitrogen and oxygen atoms in total. The summed E-state index contributed by atoms with van der Waals surface area (Å²) >= 11 is 0. The van der Waals surface area contributed by atoms with Crippen molar-refractivity contribution in [1.82, 2.24) is 0 Å². The van der Waals surface area contributed by atoms with E-state index in [4.69, 9.17) is 19.0 Å². The number of hydrogen-bond acceptors (Lipinski definition) is 4. The van der Waals surface area contributed by atoms with E-state index >= 15 is 0 Å². The van der Waals surface area contributed by atoms with Gasteiger partial charge in [-0.2, -0.15) is 0 Å². The molecule has 0 atom stereocenters. The SMILES string of the molecule is CO[Si](C=CN)(OC)OC. The van der Waals surface area contributed by atoms with Gasteiger partial charge in [0.2, 0.25) is 0 Å². The van der Waals surface area contributed by atoms with Crippen LogP contribution in [-0.2, 0) is 13.3 Å². The maximum Gasteiger partial charge on any atom is 0.530 e. The van der Waals surface area contributed by atoms with E-state index in [1.165, 1.54) is 27.5 Å². The summed E-state index contributed by atoms with van der Waals surface area (Å²) in [6, 6.07) is 0. The third-order valence-electron chi connectivity index (χ3n) is 1.15. The van der Waals surface area contributed by atoms with Crippen LogP contribution in [-0.4, -0.2) is 30.1 Å². The van der Waals surface area contributed by atoms with Crippen LogP contribution in [0.1, 0.15) is 0 Å². The van der Waals surface area contributed by atoms with Gasteiger partial charge in [0.1, 0.15) is 0 Å². The van der Waals surface area contributed by atoms with Gasteiger partial charge in [0.15, 0.2) is 0 Å². The summed E-state index contributed by atoms with van der Waals surface area (Å²) in [5.41, 5.74) is 6.76. The minimum Gasteiger partial charge on any atom is -0.405 e. The van der Waals surface area contributed by atoms with Gasteiger partial charge in [0.25, 0.3) is 0 Å². The minimum absolute atomic E-state index is 1.36. The Balaban J connectivity index is 4.15. The summed E-state index contributed by atoms with van der Waals surface area (Å²) < 4.78 is 15.0. The van der Waals surface area contributed by atoms with Crippen molar-refractivity contribution in [3.05, 3.63) is 11.9 Å². The fourth-order valence-corrected chi connectivity index (χ4v) is 1.72. The quantitative estimate of drug-likeness (QED) is 0.587. The lowest BCUT2D eigenvalue weighted by atomic mass is 11.1. The van der Waals surface area contributed by atoms with Crippen molar-refractivity contribution < 1.29 is 13.3 Å². The van der Waals surface area contributed by atoms with E-state index in [9.17, 15) is 0 Å². The smallest absolute Gasteiger partial charge is 0.405 e. The van der Waals surface area contributed by atoms with Gasteiger partial charge in [0, 0.05) is 27.0 Å². The summed E-state index contributed by atoms with van der Waals surface area (Å²) in [5, 5.41) is 0. The van der Waals surface area contributed by atoms with Crippen molar-refractivity contribution in [2.24, 2.45) is 5.73 Å². The fourth-order valence-electron chi connectivity index (χ4n) is 0.572. The molecule has 0 fully saturated rings. The third kappa shape index (κ3) is 2.11. The summed E-state index contributed by atoms with van der Waals surface area (Å²) in [6.07, 6.45) is 1.36. The number of nitrogens with two attached hydrogens (primary N) is 1. The third-order valence-corrected chi connectivity index (χ3v) is 3.46. The van der Waals surface area contributed by atoms with Gasteiger partial charge in [0.05, 0.1) is 0 Å². The number of hydrogen-bond donors (Lipinski definition) is 1. The molecule has 0 amide bonds. The average molecular weight is 163 g/mol. The Bertz CT molecular complexity index is 105. The highest BCUT2D eigenvalue weighted by molar-refractivity contribution is 6.66. The van der Waals surface area contributed by atoms with Gasteiger partial charge < -0.3 is 19.0 Å². The van der Waals surface area contributed by atoms with Crippen LogP contribution in [0.3, 0.4) is 0 Å². The highest BCUT2D eigenvalue weighted by Crippen LogP contribution is 2.05. The first-order valence-electron chi connectivity index (χ1n) is 2.79. The van der Waals surface area contributed by atoms with Crippen molar-refractivity contribution in [2.45, 2.75) is 0 Å². The molecule has 0 aliphatic rings. The monoisotopic (exact) mass is 163 g/mol. The molecule has 0 heterocycles. The van der Waals surface area contributed by atoms with E-state index in [0.717, 1.165) is 0 Å². The molecule has 2 N–H and O–H groups in total. The first kappa shape index (κ1) is 9.64. The molecule has 5 heteroatoms. The van der Waals surface area contributed by atoms with Gasteiger partial charge in [-0.15, -0.1) is 0 Å². The predicted molar refractivity (Wildman–Crippen MR) is 40.1 cm³/mol. The molecule has 0 aromatic heterocycles. The average Bonchev–Trinajstić information content (AvgIpc) is 2.01. The molecule has 0 aromatic rings. The van der Waals surface area contributed by atoms with Gasteiger partial charge in [-0.25, -0.2) is 0 Å². The highest BCUT2D eigenvalue weighted by Gasteiger charge is 2.34. The van der Waals surface area contributed by atoms with E-state index in [0.29, 0.717) is 0 Å². The fraction of sp³-hybridized carbons (Fsp3) is 0.600. The molecular formula is C5H13NO3Si. The Morgan fingerprint density at radius 3 is 1.60 bits per heavy atom. The Labute approximate surface area is 61.9 Å². The van der Waals surface area contributed by atoms with Gasteiger partial charge in [-0.3, -0.25) is 0 Å². The summed E-state index contributed by atoms with van der Waals surface area (Å²) in [5.74, 6) is 0. The van der Waals surface area contributed by atoms with Crippen LogP contribution < -0.4 is 5.73 Å². The topological polar surface area (TPSA) is 53.7 Å². The maximum absolute atomic E-state index is 5.16. The summed E-state index contributed by atoms with van der Waals surface area (Å²) in [6.45, 7) is 0. The van der Waals surface area contributed by atoms with E-state index in [1.807, 2.05) is 0 Å². The van der Waals surface area contributed by atoms with Crippen molar-refractivity contribution in [1.29, 1.82) is 0 Å². The second-order valence-electron chi connectivity index (χ2n) is 1.58. The summed E-state index contributed by atoms with van der Waals surface area (Å²) in [4.78, 5) is 0. The molecule has 0 aliphatic carbocycles. The van der Waals surface area contributed by atoms with Gasteiger partial charge in [-0.05, 0) is 6.20 Å². The zero-order valence-electron chi connectivity index (χ0n) is 6.46. The van der Waals surface area contributed by atoms with Crippen LogP contribution in [0.4, 0.5) is 0 Å². The Kier molecular flexibility index (Phi) is 4.29. The zero-order valence-corrected chi connectivity index (χ0v) is 7.46. The maximum atomic E-state index is 5.16. The molecule has 0 rings (SSSR count). The first-order valence-corrected chi connectivity index (χ1v) is 4.59. The Morgan fingerprint density at radius 1 is 1.10 bits per heavy atom. The molecular weight excluding hydrogens is 150 g/mol. The molecule has 0 bridgehead atoms. The van der Waals surface area contributed by atoms with Crippen LogP contribution in [0.25, 0.3) is 0 Å². The lowest BCUT2D eigenvalue weighted by Crippen LogP contribution is -2.41. The number of rotatable bonds is 4. The molecule has 60 valence electrons. The minimum atomic E-state index is -2.52. The lowest BCUT2D eigenvalue weighted by Gasteiger charge is -2.19. The molecule has 10 heavy (non-hydrogen) atoms. The standard InChI is InChI=1S/C5H13NO3Si/c1-7-10(8-2,9-3)5-4-6/h4-5H,6H2,1-3H3. The highest BCUT2D eigenvalue weighted by atomic mass is 28.4. The van der Waals surface area contributed by atoms with Crippen molar-refractivity contribution in [3.8, 4) is 0 Å². The predicted octanol–water partition coefficient (Wildman–Crippen LogP) is -0.124. The Morgan fingerprint density at radius 2 is 1.50 bits per heavy atom. The molecule has 0 spiro atoms. The van der Waals surface area contributed by atoms with Crippen LogP contribution >= 0.6 is 0 Å². The van der Waals surface area contributed by atoms with Crippen molar-refractivity contribution >= 4 is 8.80 Å². The lowest BCUT2D eigenvalue weighted by molar-refractivity contribution is 0.138. The van der Waals surface area contributed by atoms with Crippen LogP contribution in [0.5, 0.6) is 0 Å². The summed E-state index contributed by atoms with van der Waals surface area (Å²) in [7, 11) is 2.06. The van der Waals surface area contributed by atoms with Crippen LogP contribution in [0, 0.1) is 0 Å². The normalized spacial score (nSPS) is 12.7. The Hall–Kier alpha value is -0.363. The zero-order chi connectivity index (χ0) is 8.04. The molecule has 0 saturated heterocycles. The first-order chi connectivity index (χ1) is 4.74. The molecule has 0 aromatic carbocycles. The van der Waals surface area contributed by atoms with Crippen molar-refractivity contribution in [3.63, 3.8) is 0 Å². The van der Waals surface area contributed by atoms with Gasteiger partial charge in [-0.1, -0.05) is 0 Å². The molecule has 0 unspecified atom stereocenters. The van der Waals surface area contributed by atoms with E-state index in [1.54, 1.807) is 5.70 Å². The van der Waals surface area contributed by atoms with Crippen molar-refractivity contribution in [2.75, 3.05) is 21.3 Å². The van der Waals surface area contributed by atoms with E-state index < -0.39 is 8.80 Å². The molecule has 0 radical (unpaired) electrons. The second kappa shape index (κ2) is 4.45. The largest absolute Gasteiger partial charge is 0.530 e. The van der Waals surface area contributed by atoms with Gasteiger partial charge >= 0.3 is 8.80 Å². The molecule has 0 saturated carbocycles. The van der Waals surface area contributed by atoms with Crippen LogP contribution in [0.2, 0.25) is 0 Å². The van der Waals surface area contributed by atoms with E-state index in [-0.39, 0.29) is 0 Å². The molecule has 0 aliphatic heterocycles. The van der Waals surface area contributed by atoms with Crippen LogP contribution in [0.15, 0.2) is 11.9 Å². The van der Waals surface area contributed by atoms with E-state index in [2.05, 4.69) is 0 Å². The second-order valence-corrected chi connectivity index (χ2v) is 4.34.